The standard InChI is InChI=1S/C14H10IN3OS/c15-9-2-1-3-10(7-9)17-13(19)8-4-5-11-12(6-8)20-14(16)18-11/h1-7H,(H2,16,18)(H,17,19). The fraction of sp³-hybridized carbons (Fsp3) is 0. The topological polar surface area (TPSA) is 68.0 Å². The quantitative estimate of drug-likeness (QED) is 0.650. The van der Waals surface area contributed by atoms with Gasteiger partial charge in [0.15, 0.2) is 5.13 Å². The summed E-state index contributed by atoms with van der Waals surface area (Å²) >= 11 is 3.59. The van der Waals surface area contributed by atoms with Gasteiger partial charge >= 0.3 is 0 Å². The third kappa shape index (κ3) is 2.75. The van der Waals surface area contributed by atoms with E-state index in [1.54, 1.807) is 6.07 Å². The summed E-state index contributed by atoms with van der Waals surface area (Å²) in [6.45, 7) is 0. The summed E-state index contributed by atoms with van der Waals surface area (Å²) in [5.74, 6) is -0.138. The minimum Gasteiger partial charge on any atom is -0.375 e. The Hall–Kier alpha value is -1.67. The second-order valence-corrected chi connectivity index (χ2v) is 6.51. The molecule has 4 nitrogen and oxygen atoms in total. The average molecular weight is 395 g/mol. The van der Waals surface area contributed by atoms with Crippen LogP contribution in [0.5, 0.6) is 0 Å². The van der Waals surface area contributed by atoms with Crippen LogP contribution < -0.4 is 11.1 Å². The van der Waals surface area contributed by atoms with Crippen LogP contribution in [0.25, 0.3) is 10.2 Å². The smallest absolute Gasteiger partial charge is 0.255 e. The predicted molar refractivity (Wildman–Crippen MR) is 91.1 cm³/mol. The van der Waals surface area contributed by atoms with E-state index in [1.807, 2.05) is 36.4 Å². The lowest BCUT2D eigenvalue weighted by Crippen LogP contribution is -2.11. The first-order valence-electron chi connectivity index (χ1n) is 5.85. The van der Waals surface area contributed by atoms with E-state index in [4.69, 9.17) is 5.73 Å². The third-order valence-corrected chi connectivity index (χ3v) is 4.27. The zero-order chi connectivity index (χ0) is 14.1. The van der Waals surface area contributed by atoms with Gasteiger partial charge in [0.05, 0.1) is 10.2 Å². The number of benzene rings is 2. The Morgan fingerprint density at radius 1 is 1.25 bits per heavy atom. The summed E-state index contributed by atoms with van der Waals surface area (Å²) in [6.07, 6.45) is 0. The molecule has 0 unspecified atom stereocenters. The maximum absolute atomic E-state index is 12.2. The molecule has 0 saturated carbocycles. The number of thiazole rings is 1. The minimum absolute atomic E-state index is 0.138. The molecule has 6 heteroatoms. The highest BCUT2D eigenvalue weighted by atomic mass is 127. The monoisotopic (exact) mass is 395 g/mol. The van der Waals surface area contributed by atoms with Crippen LogP contribution in [0.1, 0.15) is 10.4 Å². The third-order valence-electron chi connectivity index (χ3n) is 2.75. The molecule has 1 heterocycles. The maximum Gasteiger partial charge on any atom is 0.255 e. The Morgan fingerprint density at radius 2 is 2.10 bits per heavy atom. The first kappa shape index (κ1) is 13.3. The summed E-state index contributed by atoms with van der Waals surface area (Å²) in [7, 11) is 0. The molecule has 20 heavy (non-hydrogen) atoms. The largest absolute Gasteiger partial charge is 0.375 e. The summed E-state index contributed by atoms with van der Waals surface area (Å²) in [4.78, 5) is 16.4. The van der Waals surface area contributed by atoms with Gasteiger partial charge in [-0.25, -0.2) is 4.98 Å². The van der Waals surface area contributed by atoms with Crippen LogP contribution in [-0.2, 0) is 0 Å². The van der Waals surface area contributed by atoms with Crippen molar-refractivity contribution in [2.75, 3.05) is 11.1 Å². The molecule has 1 amide bonds. The number of hydrogen-bond donors (Lipinski definition) is 2. The molecule has 0 aliphatic rings. The number of halogens is 1. The van der Waals surface area contributed by atoms with Crippen LogP contribution in [0, 0.1) is 3.57 Å². The van der Waals surface area contributed by atoms with Crippen LogP contribution in [0.4, 0.5) is 10.8 Å². The molecule has 3 aromatic rings. The predicted octanol–water partition coefficient (Wildman–Crippen LogP) is 3.74. The molecule has 2 aromatic carbocycles. The van der Waals surface area contributed by atoms with Crippen molar-refractivity contribution in [3.63, 3.8) is 0 Å². The Kier molecular flexibility index (Phi) is 3.58. The highest BCUT2D eigenvalue weighted by Gasteiger charge is 2.09. The molecular formula is C14H10IN3OS. The van der Waals surface area contributed by atoms with Gasteiger partial charge in [-0.3, -0.25) is 4.79 Å². The second kappa shape index (κ2) is 5.37. The SMILES string of the molecule is Nc1nc2ccc(C(=O)Nc3cccc(I)c3)cc2s1. The van der Waals surface area contributed by atoms with E-state index in [2.05, 4.69) is 32.9 Å². The highest BCUT2D eigenvalue weighted by Crippen LogP contribution is 2.25. The van der Waals surface area contributed by atoms with Crippen molar-refractivity contribution in [3.05, 3.63) is 51.6 Å². The lowest BCUT2D eigenvalue weighted by Gasteiger charge is -2.05. The molecule has 0 aliphatic heterocycles. The van der Waals surface area contributed by atoms with Crippen LogP contribution in [0.15, 0.2) is 42.5 Å². The first-order chi connectivity index (χ1) is 9.61. The normalized spacial score (nSPS) is 10.7. The van der Waals surface area contributed by atoms with Gasteiger partial charge in [-0.1, -0.05) is 17.4 Å². The van der Waals surface area contributed by atoms with Crippen molar-refractivity contribution >= 4 is 60.9 Å². The van der Waals surface area contributed by atoms with E-state index in [1.165, 1.54) is 11.3 Å². The van der Waals surface area contributed by atoms with Crippen molar-refractivity contribution < 1.29 is 4.79 Å². The number of fused-ring (bicyclic) bond motifs is 1. The van der Waals surface area contributed by atoms with Crippen molar-refractivity contribution in [2.45, 2.75) is 0 Å². The van der Waals surface area contributed by atoms with Gasteiger partial charge < -0.3 is 11.1 Å². The Balaban J connectivity index is 1.88. The molecule has 0 radical (unpaired) electrons. The van der Waals surface area contributed by atoms with E-state index in [9.17, 15) is 4.79 Å². The summed E-state index contributed by atoms with van der Waals surface area (Å²) in [5.41, 5.74) is 7.86. The molecule has 0 spiro atoms. The first-order valence-corrected chi connectivity index (χ1v) is 7.74. The molecule has 1 aromatic heterocycles. The van der Waals surface area contributed by atoms with Crippen molar-refractivity contribution in [1.82, 2.24) is 4.98 Å². The summed E-state index contributed by atoms with van der Waals surface area (Å²) in [5, 5.41) is 3.39. The molecule has 0 bridgehead atoms. The lowest BCUT2D eigenvalue weighted by atomic mass is 10.2. The van der Waals surface area contributed by atoms with Crippen LogP contribution in [0.3, 0.4) is 0 Å². The van der Waals surface area contributed by atoms with Crippen molar-refractivity contribution in [2.24, 2.45) is 0 Å². The van der Waals surface area contributed by atoms with Gasteiger partial charge in [-0.15, -0.1) is 0 Å². The van der Waals surface area contributed by atoms with Gasteiger partial charge in [0, 0.05) is 14.8 Å². The van der Waals surface area contributed by atoms with Gasteiger partial charge in [-0.05, 0) is 59.0 Å². The number of anilines is 2. The number of hydrogen-bond acceptors (Lipinski definition) is 4. The number of aromatic nitrogens is 1. The van der Waals surface area contributed by atoms with Crippen LogP contribution in [0.2, 0.25) is 0 Å². The van der Waals surface area contributed by atoms with E-state index < -0.39 is 0 Å². The van der Waals surface area contributed by atoms with Crippen LogP contribution >= 0.6 is 33.9 Å². The minimum atomic E-state index is -0.138. The Morgan fingerprint density at radius 3 is 2.90 bits per heavy atom. The number of nitrogen functional groups attached to an aromatic ring is 1. The number of carbonyl (C=O) groups is 1. The van der Waals surface area contributed by atoms with E-state index >= 15 is 0 Å². The zero-order valence-corrected chi connectivity index (χ0v) is 13.2. The van der Waals surface area contributed by atoms with Crippen LogP contribution in [-0.4, -0.2) is 10.9 Å². The molecule has 100 valence electrons. The molecule has 0 atom stereocenters. The van der Waals surface area contributed by atoms with Gasteiger partial charge in [0.25, 0.3) is 5.91 Å². The van der Waals surface area contributed by atoms with E-state index in [-0.39, 0.29) is 5.91 Å². The number of nitrogens with zero attached hydrogens (tertiary/aromatic N) is 1. The maximum atomic E-state index is 12.2. The highest BCUT2D eigenvalue weighted by molar-refractivity contribution is 14.1. The van der Waals surface area contributed by atoms with Gasteiger partial charge in [0.1, 0.15) is 0 Å². The zero-order valence-electron chi connectivity index (χ0n) is 10.3. The van der Waals surface area contributed by atoms with E-state index in [0.29, 0.717) is 10.7 Å². The van der Waals surface area contributed by atoms with Gasteiger partial charge in [-0.2, -0.15) is 0 Å². The van der Waals surface area contributed by atoms with Crippen molar-refractivity contribution in [1.29, 1.82) is 0 Å². The summed E-state index contributed by atoms with van der Waals surface area (Å²) in [6, 6.07) is 13.0. The number of nitrogens with two attached hydrogens (primary N) is 1. The van der Waals surface area contributed by atoms with Crippen molar-refractivity contribution in [3.8, 4) is 0 Å². The number of carbonyl (C=O) groups excluding carboxylic acids is 1. The Bertz CT molecular complexity index is 800. The molecule has 3 rings (SSSR count). The van der Waals surface area contributed by atoms with E-state index in [0.717, 1.165) is 19.5 Å². The number of amides is 1. The Labute approximate surface area is 133 Å². The second-order valence-electron chi connectivity index (χ2n) is 4.20. The number of rotatable bonds is 2. The average Bonchev–Trinajstić information content (AvgIpc) is 2.77. The fourth-order valence-corrected chi connectivity index (χ4v) is 3.17. The number of nitrogens with one attached hydrogen (secondary N) is 1. The molecule has 0 aliphatic carbocycles. The lowest BCUT2D eigenvalue weighted by molar-refractivity contribution is 0.102. The molecular weight excluding hydrogens is 385 g/mol. The van der Waals surface area contributed by atoms with Gasteiger partial charge in [0.2, 0.25) is 0 Å². The molecule has 0 fully saturated rings. The summed E-state index contributed by atoms with van der Waals surface area (Å²) < 4.78 is 1.99. The molecule has 3 N–H and O–H groups in total. The molecule has 0 saturated heterocycles. The fourth-order valence-electron chi connectivity index (χ4n) is 1.85.